The Bertz CT molecular complexity index is 486. The topological polar surface area (TPSA) is 87.7 Å². The molecule has 0 bridgehead atoms. The Balaban J connectivity index is 2.10. The highest BCUT2D eigenvalue weighted by Crippen LogP contribution is 2.32. The Morgan fingerprint density at radius 2 is 2.28 bits per heavy atom. The molecule has 1 amide bonds. The molecule has 1 atom stereocenters. The molecule has 5 nitrogen and oxygen atoms in total. The third-order valence-corrected chi connectivity index (χ3v) is 3.57. The lowest BCUT2D eigenvalue weighted by molar-refractivity contribution is 0.0943. The van der Waals surface area contributed by atoms with Crippen molar-refractivity contribution in [1.29, 1.82) is 0 Å². The zero-order chi connectivity index (χ0) is 13.1. The normalized spacial score (nSPS) is 17.3. The third kappa shape index (κ3) is 3.12. The Kier molecular flexibility index (Phi) is 4.05. The van der Waals surface area contributed by atoms with Crippen molar-refractivity contribution >= 4 is 34.3 Å². The van der Waals surface area contributed by atoms with Gasteiger partial charge in [-0.1, -0.05) is 11.2 Å². The number of nitrogens with two attached hydrogens (primary N) is 1. The molecule has 1 aromatic rings. The van der Waals surface area contributed by atoms with Crippen LogP contribution in [-0.4, -0.2) is 23.0 Å². The summed E-state index contributed by atoms with van der Waals surface area (Å²) in [5.74, 6) is 0.154. The highest BCUT2D eigenvalue weighted by Gasteiger charge is 2.35. The highest BCUT2D eigenvalue weighted by molar-refractivity contribution is 14.1. The van der Waals surface area contributed by atoms with E-state index in [4.69, 9.17) is 10.9 Å². The summed E-state index contributed by atoms with van der Waals surface area (Å²) < 4.78 is 0.993. The van der Waals surface area contributed by atoms with E-state index in [2.05, 4.69) is 33.1 Å². The summed E-state index contributed by atoms with van der Waals surface area (Å²) in [6.45, 7) is 0. The molecular weight excluding hydrogens is 345 g/mol. The Morgan fingerprint density at radius 1 is 1.56 bits per heavy atom. The summed E-state index contributed by atoms with van der Waals surface area (Å²) in [7, 11) is 0. The summed E-state index contributed by atoms with van der Waals surface area (Å²) >= 11 is 2.15. The number of nitrogens with one attached hydrogen (secondary N) is 1. The van der Waals surface area contributed by atoms with Crippen molar-refractivity contribution < 1.29 is 10.0 Å². The number of amides is 1. The second-order valence-corrected chi connectivity index (χ2v) is 5.57. The van der Waals surface area contributed by atoms with Gasteiger partial charge in [-0.05, 0) is 59.5 Å². The van der Waals surface area contributed by atoms with E-state index >= 15 is 0 Å². The second-order valence-electron chi connectivity index (χ2n) is 4.32. The SMILES string of the molecule is NC(=NO)C(NC(=O)c1cccc(I)c1)C1CC1. The molecule has 0 aromatic heterocycles. The maximum atomic E-state index is 12.1. The predicted molar refractivity (Wildman–Crippen MR) is 76.5 cm³/mol. The van der Waals surface area contributed by atoms with Gasteiger partial charge >= 0.3 is 0 Å². The molecule has 1 aliphatic carbocycles. The van der Waals surface area contributed by atoms with Crippen molar-refractivity contribution in [3.63, 3.8) is 0 Å². The number of rotatable bonds is 4. The highest BCUT2D eigenvalue weighted by atomic mass is 127. The molecule has 1 aromatic carbocycles. The first-order valence-electron chi connectivity index (χ1n) is 5.65. The van der Waals surface area contributed by atoms with E-state index in [0.717, 1.165) is 16.4 Å². The molecule has 1 unspecified atom stereocenters. The zero-order valence-corrected chi connectivity index (χ0v) is 11.8. The summed E-state index contributed by atoms with van der Waals surface area (Å²) in [4.78, 5) is 12.1. The smallest absolute Gasteiger partial charge is 0.251 e. The molecule has 0 radical (unpaired) electrons. The molecule has 0 spiro atoms. The quantitative estimate of drug-likeness (QED) is 0.251. The minimum absolute atomic E-state index is 0.0662. The van der Waals surface area contributed by atoms with Crippen molar-refractivity contribution in [2.24, 2.45) is 16.8 Å². The van der Waals surface area contributed by atoms with E-state index in [9.17, 15) is 4.79 Å². The first-order valence-corrected chi connectivity index (χ1v) is 6.73. The molecule has 18 heavy (non-hydrogen) atoms. The van der Waals surface area contributed by atoms with Gasteiger partial charge in [-0.25, -0.2) is 0 Å². The molecule has 1 aliphatic rings. The molecule has 0 heterocycles. The van der Waals surface area contributed by atoms with Crippen LogP contribution in [0.1, 0.15) is 23.2 Å². The van der Waals surface area contributed by atoms with E-state index in [0.29, 0.717) is 5.56 Å². The number of benzene rings is 1. The number of carbonyl (C=O) groups excluding carboxylic acids is 1. The number of hydrogen-bond acceptors (Lipinski definition) is 3. The fourth-order valence-electron chi connectivity index (χ4n) is 1.78. The van der Waals surface area contributed by atoms with E-state index in [1.54, 1.807) is 12.1 Å². The number of carbonyl (C=O) groups is 1. The molecule has 0 aliphatic heterocycles. The van der Waals surface area contributed by atoms with Crippen LogP contribution in [0.15, 0.2) is 29.4 Å². The first kappa shape index (κ1) is 13.1. The van der Waals surface area contributed by atoms with Gasteiger partial charge < -0.3 is 16.3 Å². The summed E-state index contributed by atoms with van der Waals surface area (Å²) in [6, 6.07) is 6.91. The number of oxime groups is 1. The molecule has 96 valence electrons. The maximum absolute atomic E-state index is 12.1. The van der Waals surface area contributed by atoms with Gasteiger partial charge in [0.15, 0.2) is 5.84 Å². The molecule has 1 fully saturated rings. The standard InChI is InChI=1S/C12H14IN3O2/c13-9-3-1-2-8(6-9)12(17)15-10(7-4-5-7)11(14)16-18/h1-3,6-7,10,18H,4-5H2,(H2,14,16)(H,15,17). The van der Waals surface area contributed by atoms with Crippen LogP contribution >= 0.6 is 22.6 Å². The van der Waals surface area contributed by atoms with E-state index in [-0.39, 0.29) is 23.7 Å². The van der Waals surface area contributed by atoms with Crippen LogP contribution < -0.4 is 11.1 Å². The van der Waals surface area contributed by atoms with Crippen LogP contribution in [0.25, 0.3) is 0 Å². The Hall–Kier alpha value is -1.31. The van der Waals surface area contributed by atoms with E-state index in [1.807, 2.05) is 12.1 Å². The monoisotopic (exact) mass is 359 g/mol. The van der Waals surface area contributed by atoms with E-state index < -0.39 is 0 Å². The second kappa shape index (κ2) is 5.55. The van der Waals surface area contributed by atoms with Crippen LogP contribution in [-0.2, 0) is 0 Å². The van der Waals surface area contributed by atoms with Gasteiger partial charge in [0, 0.05) is 9.13 Å². The molecule has 6 heteroatoms. The van der Waals surface area contributed by atoms with Crippen LogP contribution in [0.3, 0.4) is 0 Å². The van der Waals surface area contributed by atoms with Crippen LogP contribution in [0, 0.1) is 9.49 Å². The lowest BCUT2D eigenvalue weighted by Crippen LogP contribution is -2.46. The van der Waals surface area contributed by atoms with Crippen molar-refractivity contribution in [1.82, 2.24) is 5.32 Å². The first-order chi connectivity index (χ1) is 8.61. The Morgan fingerprint density at radius 3 is 2.83 bits per heavy atom. The average molecular weight is 359 g/mol. The van der Waals surface area contributed by atoms with Gasteiger partial charge in [-0.15, -0.1) is 0 Å². The number of halogens is 1. The molecular formula is C12H14IN3O2. The summed E-state index contributed by atoms with van der Waals surface area (Å²) in [5, 5.41) is 14.5. The van der Waals surface area contributed by atoms with Gasteiger partial charge in [0.05, 0.1) is 6.04 Å². The fourth-order valence-corrected chi connectivity index (χ4v) is 2.32. The van der Waals surface area contributed by atoms with Gasteiger partial charge in [0.25, 0.3) is 5.91 Å². The lowest BCUT2D eigenvalue weighted by Gasteiger charge is -2.16. The van der Waals surface area contributed by atoms with Crippen molar-refractivity contribution in [3.05, 3.63) is 33.4 Å². The molecule has 4 N–H and O–H groups in total. The van der Waals surface area contributed by atoms with Gasteiger partial charge in [-0.3, -0.25) is 4.79 Å². The van der Waals surface area contributed by atoms with Crippen molar-refractivity contribution in [2.75, 3.05) is 0 Å². The van der Waals surface area contributed by atoms with Gasteiger partial charge in [0.2, 0.25) is 0 Å². The Labute approximate surface area is 119 Å². The zero-order valence-electron chi connectivity index (χ0n) is 9.64. The maximum Gasteiger partial charge on any atom is 0.251 e. The average Bonchev–Trinajstić information content (AvgIpc) is 3.19. The fraction of sp³-hybridized carbons (Fsp3) is 0.333. The van der Waals surface area contributed by atoms with Crippen molar-refractivity contribution in [3.8, 4) is 0 Å². The summed E-state index contributed by atoms with van der Waals surface area (Å²) in [5.41, 5.74) is 6.18. The third-order valence-electron chi connectivity index (χ3n) is 2.90. The number of amidine groups is 1. The van der Waals surface area contributed by atoms with Gasteiger partial charge in [-0.2, -0.15) is 0 Å². The number of hydrogen-bond donors (Lipinski definition) is 3. The minimum atomic E-state index is -0.375. The van der Waals surface area contributed by atoms with Crippen LogP contribution in [0.4, 0.5) is 0 Å². The minimum Gasteiger partial charge on any atom is -0.409 e. The molecule has 0 saturated heterocycles. The molecule has 1 saturated carbocycles. The van der Waals surface area contributed by atoms with Crippen LogP contribution in [0.2, 0.25) is 0 Å². The number of nitrogens with zero attached hydrogens (tertiary/aromatic N) is 1. The molecule has 2 rings (SSSR count). The van der Waals surface area contributed by atoms with E-state index in [1.165, 1.54) is 0 Å². The lowest BCUT2D eigenvalue weighted by atomic mass is 10.1. The van der Waals surface area contributed by atoms with Crippen molar-refractivity contribution in [2.45, 2.75) is 18.9 Å². The van der Waals surface area contributed by atoms with Crippen LogP contribution in [0.5, 0.6) is 0 Å². The largest absolute Gasteiger partial charge is 0.409 e. The predicted octanol–water partition coefficient (Wildman–Crippen LogP) is 1.55. The van der Waals surface area contributed by atoms with Gasteiger partial charge in [0.1, 0.15) is 0 Å². The summed E-state index contributed by atoms with van der Waals surface area (Å²) in [6.07, 6.45) is 1.99.